The zero-order chi connectivity index (χ0) is 19.4. The number of hydrogen-bond donors (Lipinski definition) is 1. The van der Waals surface area contributed by atoms with Gasteiger partial charge in [0.1, 0.15) is 0 Å². The molecule has 7 heteroatoms. The average Bonchev–Trinajstić information content (AvgIpc) is 3.16. The van der Waals surface area contributed by atoms with Gasteiger partial charge in [-0.15, -0.1) is 0 Å². The molecular formula is C20H26N4O2S. The van der Waals surface area contributed by atoms with Crippen molar-refractivity contribution in [2.75, 3.05) is 19.3 Å². The molecule has 1 aliphatic heterocycles. The van der Waals surface area contributed by atoms with Crippen molar-refractivity contribution >= 4 is 23.6 Å². The first-order valence-electron chi connectivity index (χ1n) is 9.27. The Morgan fingerprint density at radius 3 is 2.67 bits per heavy atom. The highest BCUT2D eigenvalue weighted by atomic mass is 32.2. The second kappa shape index (κ2) is 8.61. The van der Waals surface area contributed by atoms with Crippen LogP contribution in [0.4, 0.5) is 0 Å². The van der Waals surface area contributed by atoms with Crippen LogP contribution in [0.15, 0.2) is 41.8 Å². The van der Waals surface area contributed by atoms with Crippen LogP contribution in [0.3, 0.4) is 0 Å². The molecule has 144 valence electrons. The van der Waals surface area contributed by atoms with E-state index in [0.29, 0.717) is 31.5 Å². The van der Waals surface area contributed by atoms with Crippen molar-refractivity contribution in [1.82, 2.24) is 19.8 Å². The lowest BCUT2D eigenvalue weighted by Gasteiger charge is -2.31. The quantitative estimate of drug-likeness (QED) is 0.803. The highest BCUT2D eigenvalue weighted by Crippen LogP contribution is 2.22. The lowest BCUT2D eigenvalue weighted by Crippen LogP contribution is -2.44. The van der Waals surface area contributed by atoms with E-state index >= 15 is 0 Å². The summed E-state index contributed by atoms with van der Waals surface area (Å²) in [5, 5.41) is 3.85. The minimum absolute atomic E-state index is 0.00197. The molecule has 1 aliphatic rings. The molecule has 6 nitrogen and oxygen atoms in total. The van der Waals surface area contributed by atoms with Crippen LogP contribution in [0.5, 0.6) is 0 Å². The first-order chi connectivity index (χ1) is 13.0. The van der Waals surface area contributed by atoms with E-state index in [9.17, 15) is 9.59 Å². The van der Waals surface area contributed by atoms with Crippen molar-refractivity contribution in [2.24, 2.45) is 5.92 Å². The van der Waals surface area contributed by atoms with Crippen molar-refractivity contribution in [1.29, 1.82) is 0 Å². The van der Waals surface area contributed by atoms with Crippen LogP contribution in [-0.2, 0) is 4.79 Å². The van der Waals surface area contributed by atoms with Crippen molar-refractivity contribution in [3.05, 3.63) is 42.2 Å². The number of likely N-dealkylation sites (tertiary alicyclic amines) is 1. The summed E-state index contributed by atoms with van der Waals surface area (Å²) in [6, 6.07) is 7.77. The summed E-state index contributed by atoms with van der Waals surface area (Å²) in [5.74, 6) is 0.118. The molecule has 0 bridgehead atoms. The summed E-state index contributed by atoms with van der Waals surface area (Å²) in [7, 11) is 0. The maximum atomic E-state index is 12.9. The first-order valence-corrected chi connectivity index (χ1v) is 10.5. The molecular weight excluding hydrogens is 360 g/mol. The van der Waals surface area contributed by atoms with Crippen LogP contribution in [0.2, 0.25) is 0 Å². The highest BCUT2D eigenvalue weighted by Gasteiger charge is 2.28. The predicted molar refractivity (Wildman–Crippen MR) is 107 cm³/mol. The molecule has 3 rings (SSSR count). The second-order valence-electron chi connectivity index (χ2n) is 7.06. The molecule has 2 heterocycles. The van der Waals surface area contributed by atoms with Gasteiger partial charge in [0.25, 0.3) is 5.91 Å². The van der Waals surface area contributed by atoms with E-state index in [-0.39, 0.29) is 23.8 Å². The second-order valence-corrected chi connectivity index (χ2v) is 7.84. The van der Waals surface area contributed by atoms with Crippen molar-refractivity contribution in [3.63, 3.8) is 0 Å². The Morgan fingerprint density at radius 1 is 1.26 bits per heavy atom. The molecule has 0 unspecified atom stereocenters. The fourth-order valence-electron chi connectivity index (χ4n) is 3.36. The number of carbonyl (C=O) groups excluding carboxylic acids is 2. The number of piperidine rings is 1. The van der Waals surface area contributed by atoms with Gasteiger partial charge in [0.2, 0.25) is 5.91 Å². The number of aromatic nitrogens is 2. The van der Waals surface area contributed by atoms with E-state index in [0.717, 1.165) is 10.8 Å². The Morgan fingerprint density at radius 2 is 2.00 bits per heavy atom. The monoisotopic (exact) mass is 386 g/mol. The standard InChI is InChI=1S/C20H26N4O2S/c1-14(2)22-18(25)15-7-10-23(11-8-15)19(26)16-5-4-6-17(13-16)24-12-9-21-20(24)27-3/h4-6,9,12-15H,7-8,10-11H2,1-3H3,(H,22,25). The van der Waals surface area contributed by atoms with E-state index < -0.39 is 0 Å². The van der Waals surface area contributed by atoms with Crippen LogP contribution < -0.4 is 5.32 Å². The van der Waals surface area contributed by atoms with Gasteiger partial charge < -0.3 is 10.2 Å². The number of imidazole rings is 1. The Bertz CT molecular complexity index is 810. The SMILES string of the molecule is CSc1nccn1-c1cccc(C(=O)N2CCC(C(=O)NC(C)C)CC2)c1. The number of benzene rings is 1. The third-order valence-electron chi connectivity index (χ3n) is 4.74. The average molecular weight is 387 g/mol. The van der Waals surface area contributed by atoms with Gasteiger partial charge in [-0.25, -0.2) is 4.98 Å². The molecule has 1 fully saturated rings. The van der Waals surface area contributed by atoms with Crippen molar-refractivity contribution in [2.45, 2.75) is 37.9 Å². The minimum atomic E-state index is -0.00197. The molecule has 2 amide bonds. The van der Waals surface area contributed by atoms with Gasteiger partial charge in [-0.05, 0) is 51.1 Å². The van der Waals surface area contributed by atoms with Gasteiger partial charge in [-0.2, -0.15) is 0 Å². The van der Waals surface area contributed by atoms with Crippen LogP contribution in [-0.4, -0.2) is 51.7 Å². The number of nitrogens with zero attached hydrogens (tertiary/aromatic N) is 3. The Kier molecular flexibility index (Phi) is 6.21. The first kappa shape index (κ1) is 19.5. The van der Waals surface area contributed by atoms with Gasteiger partial charge in [-0.3, -0.25) is 14.2 Å². The number of thioether (sulfide) groups is 1. The maximum Gasteiger partial charge on any atom is 0.253 e. The third kappa shape index (κ3) is 4.53. The number of carbonyl (C=O) groups is 2. The highest BCUT2D eigenvalue weighted by molar-refractivity contribution is 7.98. The molecule has 0 spiro atoms. The van der Waals surface area contributed by atoms with Crippen LogP contribution in [0.1, 0.15) is 37.0 Å². The number of rotatable bonds is 5. The zero-order valence-electron chi connectivity index (χ0n) is 16.0. The van der Waals surface area contributed by atoms with Gasteiger partial charge in [0, 0.05) is 48.7 Å². The van der Waals surface area contributed by atoms with Gasteiger partial charge >= 0.3 is 0 Å². The van der Waals surface area contributed by atoms with Crippen molar-refractivity contribution < 1.29 is 9.59 Å². The van der Waals surface area contributed by atoms with Crippen LogP contribution in [0, 0.1) is 5.92 Å². The zero-order valence-corrected chi connectivity index (χ0v) is 16.8. The van der Waals surface area contributed by atoms with E-state index in [2.05, 4.69) is 10.3 Å². The molecule has 1 aromatic carbocycles. The Labute approximate surface area is 164 Å². The minimum Gasteiger partial charge on any atom is -0.354 e. The fraction of sp³-hybridized carbons (Fsp3) is 0.450. The van der Waals surface area contributed by atoms with Crippen molar-refractivity contribution in [3.8, 4) is 5.69 Å². The van der Waals surface area contributed by atoms with E-state index in [1.54, 1.807) is 18.0 Å². The smallest absolute Gasteiger partial charge is 0.253 e. The number of amides is 2. The fourth-order valence-corrected chi connectivity index (χ4v) is 3.89. The lowest BCUT2D eigenvalue weighted by atomic mass is 9.95. The van der Waals surface area contributed by atoms with E-state index in [1.165, 1.54) is 0 Å². The summed E-state index contributed by atoms with van der Waals surface area (Å²) >= 11 is 1.56. The van der Waals surface area contributed by atoms with E-state index in [4.69, 9.17) is 0 Å². The third-order valence-corrected chi connectivity index (χ3v) is 5.41. The van der Waals surface area contributed by atoms with Gasteiger partial charge in [-0.1, -0.05) is 17.8 Å². The molecule has 1 saturated heterocycles. The van der Waals surface area contributed by atoms with E-state index in [1.807, 2.05) is 60.0 Å². The summed E-state index contributed by atoms with van der Waals surface area (Å²) in [6.07, 6.45) is 7.05. The topological polar surface area (TPSA) is 67.2 Å². The molecule has 0 atom stereocenters. The summed E-state index contributed by atoms with van der Waals surface area (Å²) in [6.45, 7) is 5.15. The molecule has 0 radical (unpaired) electrons. The predicted octanol–water partition coefficient (Wildman–Crippen LogP) is 2.97. The number of nitrogens with one attached hydrogen (secondary N) is 1. The lowest BCUT2D eigenvalue weighted by molar-refractivity contribution is -0.126. The van der Waals surface area contributed by atoms with Crippen LogP contribution >= 0.6 is 11.8 Å². The maximum absolute atomic E-state index is 12.9. The molecule has 1 N–H and O–H groups in total. The molecule has 0 saturated carbocycles. The summed E-state index contributed by atoms with van der Waals surface area (Å²) in [5.41, 5.74) is 1.59. The number of hydrogen-bond acceptors (Lipinski definition) is 4. The van der Waals surface area contributed by atoms with Gasteiger partial charge in [0.05, 0.1) is 0 Å². The molecule has 27 heavy (non-hydrogen) atoms. The Balaban J connectivity index is 1.67. The Hall–Kier alpha value is -2.28. The molecule has 2 aromatic rings. The van der Waals surface area contributed by atoms with Crippen LogP contribution in [0.25, 0.3) is 5.69 Å². The molecule has 1 aromatic heterocycles. The summed E-state index contributed by atoms with van der Waals surface area (Å²) in [4.78, 5) is 31.3. The summed E-state index contributed by atoms with van der Waals surface area (Å²) < 4.78 is 1.98. The largest absolute Gasteiger partial charge is 0.354 e. The molecule has 0 aliphatic carbocycles. The normalized spacial score (nSPS) is 15.2. The van der Waals surface area contributed by atoms with Gasteiger partial charge in [0.15, 0.2) is 5.16 Å².